The fourth-order valence-corrected chi connectivity index (χ4v) is 3.48. The van der Waals surface area contributed by atoms with Crippen molar-refractivity contribution in [2.45, 2.75) is 24.3 Å². The van der Waals surface area contributed by atoms with Gasteiger partial charge in [-0.25, -0.2) is 0 Å². The highest BCUT2D eigenvalue weighted by Crippen LogP contribution is 2.41. The highest BCUT2D eigenvalue weighted by atomic mass is 35.5. The predicted octanol–water partition coefficient (Wildman–Crippen LogP) is 5.78. The smallest absolute Gasteiger partial charge is 0.394 e. The molecule has 0 bridgehead atoms. The number of aliphatic hydroxyl groups is 1. The number of halogens is 9. The molecule has 0 spiro atoms. The average molecular weight is 578 g/mol. The Morgan fingerprint density at radius 3 is 2.00 bits per heavy atom. The fraction of sp³-hybridized carbons (Fsp3) is 0.273. The Hall–Kier alpha value is -2.47. The van der Waals surface area contributed by atoms with Crippen LogP contribution in [0.3, 0.4) is 0 Å². The third-order valence-corrected chi connectivity index (χ3v) is 5.84. The molecule has 2 amide bonds. The second kappa shape index (κ2) is 12.2. The molecule has 0 heterocycles. The van der Waals surface area contributed by atoms with Gasteiger partial charge in [0.15, 0.2) is 0 Å². The van der Waals surface area contributed by atoms with E-state index < -0.39 is 49.3 Å². The standard InChI is InChI=1S/C22H17Cl3F6N2O3/c23-15-7-13(8-16(24)18(15)25)14(22(29,30)31)6-3-11-1-4-12(5-2-11)19(35)33-17(9-34)20(36)32-10-21(26,27)28/h1-8,14,17,34H,9-10H2,(H,32,36)(H,33,35)/b6-3+. The Morgan fingerprint density at radius 2 is 1.53 bits per heavy atom. The minimum absolute atomic E-state index is 0.0575. The van der Waals surface area contributed by atoms with E-state index in [-0.39, 0.29) is 31.8 Å². The third-order valence-electron chi connectivity index (χ3n) is 4.64. The molecule has 2 unspecified atom stereocenters. The van der Waals surface area contributed by atoms with Gasteiger partial charge < -0.3 is 15.7 Å². The average Bonchev–Trinajstić information content (AvgIpc) is 2.78. The van der Waals surface area contributed by atoms with Gasteiger partial charge in [-0.1, -0.05) is 59.1 Å². The highest BCUT2D eigenvalue weighted by molar-refractivity contribution is 6.48. The van der Waals surface area contributed by atoms with E-state index in [1.807, 2.05) is 0 Å². The second-order valence-electron chi connectivity index (χ2n) is 7.34. The van der Waals surface area contributed by atoms with E-state index in [0.717, 1.165) is 24.3 Å². The summed E-state index contributed by atoms with van der Waals surface area (Å²) >= 11 is 17.5. The largest absolute Gasteiger partial charge is 0.405 e. The van der Waals surface area contributed by atoms with Crippen molar-refractivity contribution in [3.63, 3.8) is 0 Å². The molecule has 0 saturated heterocycles. The maximum absolute atomic E-state index is 13.6. The predicted molar refractivity (Wildman–Crippen MR) is 123 cm³/mol. The van der Waals surface area contributed by atoms with E-state index >= 15 is 0 Å². The second-order valence-corrected chi connectivity index (χ2v) is 8.53. The van der Waals surface area contributed by atoms with Gasteiger partial charge in [-0.2, -0.15) is 26.3 Å². The minimum atomic E-state index is -4.69. The molecule has 0 aliphatic carbocycles. The van der Waals surface area contributed by atoms with Crippen LogP contribution in [0.1, 0.15) is 27.4 Å². The molecule has 2 aromatic carbocycles. The van der Waals surface area contributed by atoms with Crippen LogP contribution in [-0.4, -0.2) is 48.5 Å². The van der Waals surface area contributed by atoms with Crippen LogP contribution in [0.15, 0.2) is 42.5 Å². The first-order chi connectivity index (χ1) is 16.6. The summed E-state index contributed by atoms with van der Waals surface area (Å²) in [6.45, 7) is -2.61. The number of alkyl halides is 6. The van der Waals surface area contributed by atoms with Gasteiger partial charge in [-0.15, -0.1) is 0 Å². The minimum Gasteiger partial charge on any atom is -0.394 e. The van der Waals surface area contributed by atoms with Crippen LogP contribution in [0.25, 0.3) is 6.08 Å². The van der Waals surface area contributed by atoms with E-state index in [2.05, 4.69) is 5.32 Å². The molecule has 0 radical (unpaired) electrons. The van der Waals surface area contributed by atoms with E-state index in [9.17, 15) is 41.0 Å². The van der Waals surface area contributed by atoms with Gasteiger partial charge >= 0.3 is 12.4 Å². The first-order valence-corrected chi connectivity index (χ1v) is 11.0. The first kappa shape index (κ1) is 29.8. The molecule has 2 rings (SSSR count). The Morgan fingerprint density at radius 1 is 0.972 bits per heavy atom. The number of carbonyl (C=O) groups is 2. The van der Waals surface area contributed by atoms with Gasteiger partial charge in [0, 0.05) is 5.56 Å². The summed E-state index contributed by atoms with van der Waals surface area (Å²) in [7, 11) is 0. The molecule has 3 N–H and O–H groups in total. The van der Waals surface area contributed by atoms with Crippen molar-refractivity contribution in [2.75, 3.05) is 13.2 Å². The molecule has 196 valence electrons. The van der Waals surface area contributed by atoms with Crippen LogP contribution in [0.4, 0.5) is 26.3 Å². The molecule has 0 aliphatic heterocycles. The van der Waals surface area contributed by atoms with Crippen LogP contribution in [0.2, 0.25) is 15.1 Å². The number of amides is 2. The van der Waals surface area contributed by atoms with Crippen molar-refractivity contribution in [3.8, 4) is 0 Å². The van der Waals surface area contributed by atoms with Crippen molar-refractivity contribution >= 4 is 52.7 Å². The number of hydrogen-bond acceptors (Lipinski definition) is 3. The Kier molecular flexibility index (Phi) is 10.1. The number of rotatable bonds is 8. The van der Waals surface area contributed by atoms with Crippen LogP contribution in [0, 0.1) is 0 Å². The summed E-state index contributed by atoms with van der Waals surface area (Å²) in [6.07, 6.45) is -7.36. The monoisotopic (exact) mass is 576 g/mol. The van der Waals surface area contributed by atoms with Crippen LogP contribution < -0.4 is 10.6 Å². The molecule has 5 nitrogen and oxygen atoms in total. The zero-order chi connectivity index (χ0) is 27.3. The lowest BCUT2D eigenvalue weighted by molar-refractivity contribution is -0.140. The van der Waals surface area contributed by atoms with Crippen molar-refractivity contribution in [1.29, 1.82) is 0 Å². The van der Waals surface area contributed by atoms with Gasteiger partial charge in [-0.05, 0) is 35.4 Å². The lowest BCUT2D eigenvalue weighted by atomic mass is 9.97. The SMILES string of the molecule is O=C(NC(CO)C(=O)NCC(F)(F)F)c1ccc(/C=C/C(c2cc(Cl)c(Cl)c(Cl)c2)C(F)(F)F)cc1. The Labute approximate surface area is 216 Å². The normalized spacial score (nSPS) is 13.9. The third kappa shape index (κ3) is 8.58. The van der Waals surface area contributed by atoms with Crippen molar-refractivity contribution in [2.24, 2.45) is 0 Å². The summed E-state index contributed by atoms with van der Waals surface area (Å²) in [5, 5.41) is 12.5. The molecular weight excluding hydrogens is 561 g/mol. The molecule has 0 saturated carbocycles. The number of nitrogens with one attached hydrogen (secondary N) is 2. The van der Waals surface area contributed by atoms with Crippen molar-refractivity contribution in [1.82, 2.24) is 10.6 Å². The summed E-state index contributed by atoms with van der Waals surface area (Å²) in [4.78, 5) is 24.0. The Balaban J connectivity index is 2.14. The van der Waals surface area contributed by atoms with Crippen molar-refractivity contribution < 1.29 is 41.0 Å². The van der Waals surface area contributed by atoms with Crippen molar-refractivity contribution in [3.05, 3.63) is 74.2 Å². The zero-order valence-electron chi connectivity index (χ0n) is 17.9. The van der Waals surface area contributed by atoms with Gasteiger partial charge in [-0.3, -0.25) is 9.59 Å². The number of benzene rings is 2. The number of hydrogen-bond donors (Lipinski definition) is 3. The number of allylic oxidation sites excluding steroid dienone is 1. The van der Waals surface area contributed by atoms with Crippen LogP contribution in [0.5, 0.6) is 0 Å². The summed E-state index contributed by atoms with van der Waals surface area (Å²) < 4.78 is 77.6. The molecule has 2 aromatic rings. The molecule has 0 fully saturated rings. The quantitative estimate of drug-likeness (QED) is 0.275. The Bertz CT molecular complexity index is 1100. The number of aliphatic hydroxyl groups excluding tert-OH is 1. The van der Waals surface area contributed by atoms with E-state index in [0.29, 0.717) is 0 Å². The van der Waals surface area contributed by atoms with Gasteiger partial charge in [0.25, 0.3) is 5.91 Å². The molecule has 2 atom stereocenters. The zero-order valence-corrected chi connectivity index (χ0v) is 20.1. The first-order valence-electron chi connectivity index (χ1n) is 9.88. The number of carbonyl (C=O) groups excluding carboxylic acids is 2. The summed E-state index contributed by atoms with van der Waals surface area (Å²) in [5.74, 6) is -4.22. The van der Waals surface area contributed by atoms with E-state index in [1.54, 1.807) is 0 Å². The molecule has 0 aromatic heterocycles. The lowest BCUT2D eigenvalue weighted by Gasteiger charge is -2.18. The summed E-state index contributed by atoms with van der Waals surface area (Å²) in [6, 6.07) is 5.50. The van der Waals surface area contributed by atoms with Gasteiger partial charge in [0.2, 0.25) is 5.91 Å². The maximum atomic E-state index is 13.6. The topological polar surface area (TPSA) is 78.4 Å². The van der Waals surface area contributed by atoms with Gasteiger partial charge in [0.1, 0.15) is 12.6 Å². The highest BCUT2D eigenvalue weighted by Gasteiger charge is 2.39. The van der Waals surface area contributed by atoms with Gasteiger partial charge in [0.05, 0.1) is 27.6 Å². The van der Waals surface area contributed by atoms with E-state index in [1.165, 1.54) is 29.6 Å². The maximum Gasteiger partial charge on any atom is 0.405 e. The lowest BCUT2D eigenvalue weighted by Crippen LogP contribution is -2.50. The van der Waals surface area contributed by atoms with Crippen LogP contribution in [-0.2, 0) is 4.79 Å². The van der Waals surface area contributed by atoms with Crippen LogP contribution >= 0.6 is 34.8 Å². The summed E-state index contributed by atoms with van der Waals surface area (Å²) in [5.41, 5.74) is -0.0283. The molecule has 0 aliphatic rings. The van der Waals surface area contributed by atoms with E-state index in [4.69, 9.17) is 34.8 Å². The molecule has 14 heteroatoms. The molecular formula is C22H17Cl3F6N2O3. The molecule has 36 heavy (non-hydrogen) atoms. The fourth-order valence-electron chi connectivity index (χ4n) is 2.86.